The molecule has 19 heavy (non-hydrogen) atoms. The Balaban J connectivity index is 2.26. The predicted octanol–water partition coefficient (Wildman–Crippen LogP) is 5.28. The second-order valence-corrected chi connectivity index (χ2v) is 5.56. The topological polar surface area (TPSA) is 21.3 Å². The zero-order valence-corrected chi connectivity index (χ0v) is 13.1. The lowest BCUT2D eigenvalue weighted by Gasteiger charge is -2.19. The maximum Gasteiger partial charge on any atom is 0.142 e. The molecule has 0 aliphatic heterocycles. The fourth-order valence-electron chi connectivity index (χ4n) is 1.93. The fraction of sp³-hybridized carbons (Fsp3) is 0.200. The first-order chi connectivity index (χ1) is 9.11. The van der Waals surface area contributed by atoms with Crippen LogP contribution in [0.1, 0.15) is 18.5 Å². The summed E-state index contributed by atoms with van der Waals surface area (Å²) in [4.78, 5) is 0. The van der Waals surface area contributed by atoms with E-state index in [1.807, 2.05) is 42.5 Å². The van der Waals surface area contributed by atoms with Crippen LogP contribution in [0.15, 0.2) is 46.9 Å². The molecule has 1 atom stereocenters. The van der Waals surface area contributed by atoms with Crippen LogP contribution in [0.25, 0.3) is 0 Å². The number of halogens is 2. The summed E-state index contributed by atoms with van der Waals surface area (Å²) in [6.07, 6.45) is 0. The molecule has 0 aromatic heterocycles. The Morgan fingerprint density at radius 2 is 1.95 bits per heavy atom. The molecular weight excluding hydrogens is 326 g/mol. The lowest BCUT2D eigenvalue weighted by Crippen LogP contribution is -2.08. The number of anilines is 1. The number of nitrogens with one attached hydrogen (secondary N) is 1. The predicted molar refractivity (Wildman–Crippen MR) is 84.2 cm³/mol. The van der Waals surface area contributed by atoms with E-state index in [-0.39, 0.29) is 6.04 Å². The molecule has 0 fully saturated rings. The second-order valence-electron chi connectivity index (χ2n) is 4.23. The summed E-state index contributed by atoms with van der Waals surface area (Å²) in [6, 6.07) is 13.8. The average Bonchev–Trinajstić information content (AvgIpc) is 2.39. The summed E-state index contributed by atoms with van der Waals surface area (Å²) in [7, 11) is 1.66. The Morgan fingerprint density at radius 1 is 1.21 bits per heavy atom. The maximum atomic E-state index is 6.21. The first kappa shape index (κ1) is 14.2. The summed E-state index contributed by atoms with van der Waals surface area (Å²) in [5.74, 6) is 0.808. The minimum absolute atomic E-state index is 0.0944. The van der Waals surface area contributed by atoms with Crippen LogP contribution in [-0.2, 0) is 0 Å². The van der Waals surface area contributed by atoms with Crippen molar-refractivity contribution in [2.45, 2.75) is 13.0 Å². The minimum atomic E-state index is 0.0944. The summed E-state index contributed by atoms with van der Waals surface area (Å²) in [5, 5.41) is 4.18. The Morgan fingerprint density at radius 3 is 2.63 bits per heavy atom. The van der Waals surface area contributed by atoms with Gasteiger partial charge in [0.05, 0.1) is 18.8 Å². The highest BCUT2D eigenvalue weighted by Crippen LogP contribution is 2.32. The molecule has 0 saturated carbocycles. The first-order valence-electron chi connectivity index (χ1n) is 5.96. The highest BCUT2D eigenvalue weighted by Gasteiger charge is 2.11. The SMILES string of the molecule is COc1ccc(Br)cc1NC(C)c1ccccc1Cl. The van der Waals surface area contributed by atoms with Crippen LogP contribution >= 0.6 is 27.5 Å². The van der Waals surface area contributed by atoms with Crippen molar-refractivity contribution >= 4 is 33.2 Å². The molecule has 1 unspecified atom stereocenters. The molecule has 0 spiro atoms. The normalized spacial score (nSPS) is 12.0. The van der Waals surface area contributed by atoms with Gasteiger partial charge in [-0.15, -0.1) is 0 Å². The van der Waals surface area contributed by atoms with E-state index in [0.717, 1.165) is 26.5 Å². The van der Waals surface area contributed by atoms with Gasteiger partial charge in [-0.2, -0.15) is 0 Å². The number of rotatable bonds is 4. The quantitative estimate of drug-likeness (QED) is 0.817. The highest BCUT2D eigenvalue weighted by atomic mass is 79.9. The van der Waals surface area contributed by atoms with Gasteiger partial charge < -0.3 is 10.1 Å². The monoisotopic (exact) mass is 339 g/mol. The Kier molecular flexibility index (Phi) is 4.72. The third-order valence-electron chi connectivity index (χ3n) is 2.91. The fourth-order valence-corrected chi connectivity index (χ4v) is 2.59. The van der Waals surface area contributed by atoms with Gasteiger partial charge in [-0.3, -0.25) is 0 Å². The van der Waals surface area contributed by atoms with Crippen molar-refractivity contribution in [3.05, 3.63) is 57.5 Å². The molecule has 4 heteroatoms. The summed E-state index contributed by atoms with van der Waals surface area (Å²) >= 11 is 9.67. The second kappa shape index (κ2) is 6.31. The number of benzene rings is 2. The summed E-state index contributed by atoms with van der Waals surface area (Å²) < 4.78 is 6.35. The maximum absolute atomic E-state index is 6.21. The molecule has 2 aromatic rings. The van der Waals surface area contributed by atoms with Crippen LogP contribution in [0.3, 0.4) is 0 Å². The molecule has 0 heterocycles. The lowest BCUT2D eigenvalue weighted by atomic mass is 10.1. The third kappa shape index (κ3) is 3.43. The van der Waals surface area contributed by atoms with E-state index in [1.165, 1.54) is 0 Å². The molecule has 2 aromatic carbocycles. The number of methoxy groups -OCH3 is 1. The lowest BCUT2D eigenvalue weighted by molar-refractivity contribution is 0.416. The molecule has 100 valence electrons. The Hall–Kier alpha value is -1.19. The van der Waals surface area contributed by atoms with Gasteiger partial charge in [-0.1, -0.05) is 45.7 Å². The van der Waals surface area contributed by atoms with Gasteiger partial charge in [0.1, 0.15) is 5.75 Å². The van der Waals surface area contributed by atoms with Crippen LogP contribution < -0.4 is 10.1 Å². The molecular formula is C15H15BrClNO. The van der Waals surface area contributed by atoms with Crippen molar-refractivity contribution in [1.82, 2.24) is 0 Å². The highest BCUT2D eigenvalue weighted by molar-refractivity contribution is 9.10. The Bertz CT molecular complexity index is 574. The van der Waals surface area contributed by atoms with Gasteiger partial charge in [0, 0.05) is 9.50 Å². The van der Waals surface area contributed by atoms with Crippen molar-refractivity contribution < 1.29 is 4.74 Å². The van der Waals surface area contributed by atoms with E-state index in [1.54, 1.807) is 7.11 Å². The van der Waals surface area contributed by atoms with Crippen LogP contribution in [0, 0.1) is 0 Å². The van der Waals surface area contributed by atoms with Crippen LogP contribution in [0.4, 0.5) is 5.69 Å². The van der Waals surface area contributed by atoms with Crippen LogP contribution in [-0.4, -0.2) is 7.11 Å². The molecule has 0 aliphatic carbocycles. The van der Waals surface area contributed by atoms with Crippen LogP contribution in [0.5, 0.6) is 5.75 Å². The number of hydrogen-bond donors (Lipinski definition) is 1. The summed E-state index contributed by atoms with van der Waals surface area (Å²) in [6.45, 7) is 2.07. The average molecular weight is 341 g/mol. The number of hydrogen-bond acceptors (Lipinski definition) is 2. The van der Waals surface area contributed by atoms with E-state index < -0.39 is 0 Å². The van der Waals surface area contributed by atoms with Crippen molar-refractivity contribution in [2.24, 2.45) is 0 Å². The van der Waals surface area contributed by atoms with Crippen molar-refractivity contribution in [3.8, 4) is 5.75 Å². The zero-order valence-electron chi connectivity index (χ0n) is 10.8. The molecule has 0 bridgehead atoms. The van der Waals surface area contributed by atoms with E-state index >= 15 is 0 Å². The van der Waals surface area contributed by atoms with E-state index in [0.29, 0.717) is 0 Å². The molecule has 0 amide bonds. The van der Waals surface area contributed by atoms with E-state index in [9.17, 15) is 0 Å². The van der Waals surface area contributed by atoms with Gasteiger partial charge in [-0.25, -0.2) is 0 Å². The molecule has 0 radical (unpaired) electrons. The minimum Gasteiger partial charge on any atom is -0.495 e. The third-order valence-corrected chi connectivity index (χ3v) is 3.74. The van der Waals surface area contributed by atoms with E-state index in [4.69, 9.17) is 16.3 Å². The molecule has 2 rings (SSSR count). The van der Waals surface area contributed by atoms with Gasteiger partial charge in [0.15, 0.2) is 0 Å². The Labute approximate surface area is 126 Å². The van der Waals surface area contributed by atoms with Crippen LogP contribution in [0.2, 0.25) is 5.02 Å². The molecule has 0 aliphatic rings. The first-order valence-corrected chi connectivity index (χ1v) is 7.13. The standard InChI is InChI=1S/C15H15BrClNO/c1-10(12-5-3-4-6-13(12)17)18-14-9-11(16)7-8-15(14)19-2/h3-10,18H,1-2H3. The zero-order chi connectivity index (χ0) is 13.8. The summed E-state index contributed by atoms with van der Waals surface area (Å²) in [5.41, 5.74) is 2.00. The molecule has 1 N–H and O–H groups in total. The van der Waals surface area contributed by atoms with E-state index in [2.05, 4.69) is 28.2 Å². The van der Waals surface area contributed by atoms with Crippen molar-refractivity contribution in [2.75, 3.05) is 12.4 Å². The van der Waals surface area contributed by atoms with Gasteiger partial charge in [-0.05, 0) is 36.8 Å². The van der Waals surface area contributed by atoms with Gasteiger partial charge in [0.25, 0.3) is 0 Å². The van der Waals surface area contributed by atoms with Gasteiger partial charge >= 0.3 is 0 Å². The number of ether oxygens (including phenoxy) is 1. The molecule has 2 nitrogen and oxygen atoms in total. The van der Waals surface area contributed by atoms with Crippen molar-refractivity contribution in [1.29, 1.82) is 0 Å². The van der Waals surface area contributed by atoms with Crippen molar-refractivity contribution in [3.63, 3.8) is 0 Å². The smallest absolute Gasteiger partial charge is 0.142 e. The molecule has 0 saturated heterocycles. The van der Waals surface area contributed by atoms with Gasteiger partial charge in [0.2, 0.25) is 0 Å². The largest absolute Gasteiger partial charge is 0.495 e.